The number of para-hydroxylation sites is 1. The third-order valence-corrected chi connectivity index (χ3v) is 4.36. The summed E-state index contributed by atoms with van der Waals surface area (Å²) in [5.74, 6) is -0.633. The first-order chi connectivity index (χ1) is 13.3. The Morgan fingerprint density at radius 2 is 1.75 bits per heavy atom. The SMILES string of the molecule is CC(C)NC(=O)C(C)N(Cc1ccc(F)cc1)C(=O)COc1ccccc1Cl. The summed E-state index contributed by atoms with van der Waals surface area (Å²) < 4.78 is 18.7. The van der Waals surface area contributed by atoms with Gasteiger partial charge in [-0.3, -0.25) is 9.59 Å². The van der Waals surface area contributed by atoms with Gasteiger partial charge in [0, 0.05) is 12.6 Å². The topological polar surface area (TPSA) is 58.6 Å². The molecule has 0 radical (unpaired) electrons. The van der Waals surface area contributed by atoms with Gasteiger partial charge in [0.15, 0.2) is 6.61 Å². The number of amides is 2. The second-order valence-electron chi connectivity index (χ2n) is 6.71. The summed E-state index contributed by atoms with van der Waals surface area (Å²) in [6.45, 7) is 5.21. The van der Waals surface area contributed by atoms with Crippen LogP contribution in [0, 0.1) is 5.82 Å². The molecular weight excluding hydrogens is 383 g/mol. The molecule has 2 aromatic carbocycles. The van der Waals surface area contributed by atoms with Gasteiger partial charge in [-0.05, 0) is 50.6 Å². The van der Waals surface area contributed by atoms with Crippen LogP contribution in [0.3, 0.4) is 0 Å². The summed E-state index contributed by atoms with van der Waals surface area (Å²) in [4.78, 5) is 26.7. The molecule has 2 rings (SSSR count). The maximum Gasteiger partial charge on any atom is 0.261 e. The highest BCUT2D eigenvalue weighted by Crippen LogP contribution is 2.23. The van der Waals surface area contributed by atoms with Gasteiger partial charge in [-0.25, -0.2) is 4.39 Å². The highest BCUT2D eigenvalue weighted by Gasteiger charge is 2.27. The summed E-state index contributed by atoms with van der Waals surface area (Å²) in [6.07, 6.45) is 0. The van der Waals surface area contributed by atoms with Gasteiger partial charge < -0.3 is 15.0 Å². The summed E-state index contributed by atoms with van der Waals surface area (Å²) in [5.41, 5.74) is 0.705. The quantitative estimate of drug-likeness (QED) is 0.725. The molecule has 0 saturated heterocycles. The molecule has 28 heavy (non-hydrogen) atoms. The number of nitrogens with zero attached hydrogens (tertiary/aromatic N) is 1. The van der Waals surface area contributed by atoms with Crippen LogP contribution in [0.5, 0.6) is 5.75 Å². The lowest BCUT2D eigenvalue weighted by Gasteiger charge is -2.29. The van der Waals surface area contributed by atoms with Crippen molar-refractivity contribution in [3.8, 4) is 5.75 Å². The van der Waals surface area contributed by atoms with Crippen molar-refractivity contribution in [2.45, 2.75) is 39.4 Å². The van der Waals surface area contributed by atoms with Crippen LogP contribution in [0.1, 0.15) is 26.3 Å². The van der Waals surface area contributed by atoms with Crippen LogP contribution in [0.25, 0.3) is 0 Å². The minimum atomic E-state index is -0.727. The van der Waals surface area contributed by atoms with Gasteiger partial charge in [-0.15, -0.1) is 0 Å². The van der Waals surface area contributed by atoms with Crippen LogP contribution in [-0.4, -0.2) is 35.4 Å². The van der Waals surface area contributed by atoms with E-state index in [1.54, 1.807) is 43.3 Å². The highest BCUT2D eigenvalue weighted by atomic mass is 35.5. The van der Waals surface area contributed by atoms with Crippen LogP contribution < -0.4 is 10.1 Å². The molecule has 0 fully saturated rings. The van der Waals surface area contributed by atoms with Crippen LogP contribution in [0.4, 0.5) is 4.39 Å². The number of benzene rings is 2. The lowest BCUT2D eigenvalue weighted by atomic mass is 10.1. The molecule has 7 heteroatoms. The number of nitrogens with one attached hydrogen (secondary N) is 1. The fourth-order valence-corrected chi connectivity index (χ4v) is 2.75. The first-order valence-electron chi connectivity index (χ1n) is 8.99. The number of rotatable bonds is 8. The first-order valence-corrected chi connectivity index (χ1v) is 9.37. The van der Waals surface area contributed by atoms with E-state index in [4.69, 9.17) is 16.3 Å². The Hall–Kier alpha value is -2.60. The fourth-order valence-electron chi connectivity index (χ4n) is 2.56. The molecule has 1 atom stereocenters. The lowest BCUT2D eigenvalue weighted by Crippen LogP contribution is -2.50. The van der Waals surface area contributed by atoms with Gasteiger partial charge in [0.05, 0.1) is 5.02 Å². The number of halogens is 2. The van der Waals surface area contributed by atoms with E-state index in [1.165, 1.54) is 17.0 Å². The second kappa shape index (κ2) is 10.1. The summed E-state index contributed by atoms with van der Waals surface area (Å²) in [7, 11) is 0. The minimum Gasteiger partial charge on any atom is -0.482 e. The molecule has 0 spiro atoms. The van der Waals surface area contributed by atoms with E-state index in [0.717, 1.165) is 0 Å². The van der Waals surface area contributed by atoms with E-state index in [1.807, 2.05) is 13.8 Å². The van der Waals surface area contributed by atoms with Crippen molar-refractivity contribution in [1.29, 1.82) is 0 Å². The molecule has 1 N–H and O–H groups in total. The van der Waals surface area contributed by atoms with E-state index in [-0.39, 0.29) is 36.8 Å². The molecule has 0 heterocycles. The van der Waals surface area contributed by atoms with Gasteiger partial charge in [0.2, 0.25) is 5.91 Å². The average molecular weight is 407 g/mol. The highest BCUT2D eigenvalue weighted by molar-refractivity contribution is 6.32. The van der Waals surface area contributed by atoms with Crippen LogP contribution >= 0.6 is 11.6 Å². The molecule has 2 amide bonds. The number of carbonyl (C=O) groups excluding carboxylic acids is 2. The number of hydrogen-bond acceptors (Lipinski definition) is 3. The molecule has 5 nitrogen and oxygen atoms in total. The fraction of sp³-hybridized carbons (Fsp3) is 0.333. The number of carbonyl (C=O) groups is 2. The normalized spacial score (nSPS) is 11.8. The van der Waals surface area contributed by atoms with Crippen LogP contribution in [0.15, 0.2) is 48.5 Å². The first kappa shape index (κ1) is 21.7. The molecule has 0 aromatic heterocycles. The van der Waals surface area contributed by atoms with Gasteiger partial charge in [-0.1, -0.05) is 35.9 Å². The Labute approximate surface area is 169 Å². The molecule has 1 unspecified atom stereocenters. The smallest absolute Gasteiger partial charge is 0.261 e. The third kappa shape index (κ3) is 6.23. The van der Waals surface area contributed by atoms with Gasteiger partial charge in [-0.2, -0.15) is 0 Å². The Morgan fingerprint density at radius 1 is 1.11 bits per heavy atom. The van der Waals surface area contributed by atoms with Crippen molar-refractivity contribution in [1.82, 2.24) is 10.2 Å². The molecule has 0 saturated carbocycles. The zero-order chi connectivity index (χ0) is 20.7. The molecule has 0 aliphatic rings. The van der Waals surface area contributed by atoms with Gasteiger partial charge >= 0.3 is 0 Å². The van der Waals surface area contributed by atoms with Crippen LogP contribution in [0.2, 0.25) is 5.02 Å². The van der Waals surface area contributed by atoms with Crippen molar-refractivity contribution < 1.29 is 18.7 Å². The molecule has 150 valence electrons. The van der Waals surface area contributed by atoms with E-state index in [9.17, 15) is 14.0 Å². The lowest BCUT2D eigenvalue weighted by molar-refractivity contribution is -0.142. The van der Waals surface area contributed by atoms with Crippen molar-refractivity contribution in [2.24, 2.45) is 0 Å². The standard InChI is InChI=1S/C21H24ClFN2O3/c1-14(2)24-21(27)15(3)25(12-16-8-10-17(23)11-9-16)20(26)13-28-19-7-5-4-6-18(19)22/h4-11,14-15H,12-13H2,1-3H3,(H,24,27). The molecule has 0 aliphatic heterocycles. The number of ether oxygens (including phenoxy) is 1. The van der Waals surface area contributed by atoms with E-state index in [2.05, 4.69) is 5.32 Å². The minimum absolute atomic E-state index is 0.0582. The van der Waals surface area contributed by atoms with Crippen molar-refractivity contribution >= 4 is 23.4 Å². The van der Waals surface area contributed by atoms with E-state index in [0.29, 0.717) is 16.3 Å². The van der Waals surface area contributed by atoms with Crippen molar-refractivity contribution in [3.05, 3.63) is 64.9 Å². The largest absolute Gasteiger partial charge is 0.482 e. The Morgan fingerprint density at radius 3 is 2.36 bits per heavy atom. The second-order valence-corrected chi connectivity index (χ2v) is 7.11. The molecular formula is C21H24ClFN2O3. The van der Waals surface area contributed by atoms with E-state index >= 15 is 0 Å². The summed E-state index contributed by atoms with van der Waals surface area (Å²) in [6, 6.07) is 11.8. The molecule has 0 aliphatic carbocycles. The van der Waals surface area contributed by atoms with Crippen LogP contribution in [-0.2, 0) is 16.1 Å². The Bertz CT molecular complexity index is 812. The Balaban J connectivity index is 2.15. The van der Waals surface area contributed by atoms with E-state index < -0.39 is 6.04 Å². The maximum atomic E-state index is 13.2. The molecule has 2 aromatic rings. The number of hydrogen-bond donors (Lipinski definition) is 1. The predicted molar refractivity (Wildman–Crippen MR) is 107 cm³/mol. The average Bonchev–Trinajstić information content (AvgIpc) is 2.65. The monoisotopic (exact) mass is 406 g/mol. The van der Waals surface area contributed by atoms with Gasteiger partial charge in [0.1, 0.15) is 17.6 Å². The zero-order valence-electron chi connectivity index (χ0n) is 16.1. The molecule has 0 bridgehead atoms. The predicted octanol–water partition coefficient (Wildman–Crippen LogP) is 3.80. The third-order valence-electron chi connectivity index (χ3n) is 4.05. The van der Waals surface area contributed by atoms with Gasteiger partial charge in [0.25, 0.3) is 5.91 Å². The Kier molecular flexibility index (Phi) is 7.81. The maximum absolute atomic E-state index is 13.2. The van der Waals surface area contributed by atoms with Crippen molar-refractivity contribution in [2.75, 3.05) is 6.61 Å². The summed E-state index contributed by atoms with van der Waals surface area (Å²) in [5, 5.41) is 3.20. The summed E-state index contributed by atoms with van der Waals surface area (Å²) >= 11 is 6.05. The zero-order valence-corrected chi connectivity index (χ0v) is 16.9. The van der Waals surface area contributed by atoms with Crippen molar-refractivity contribution in [3.63, 3.8) is 0 Å².